The molecule has 1 saturated heterocycles. The Morgan fingerprint density at radius 2 is 2.00 bits per heavy atom. The summed E-state index contributed by atoms with van der Waals surface area (Å²) in [5.41, 5.74) is 1.75. The third-order valence-corrected chi connectivity index (χ3v) is 5.24. The van der Waals surface area contributed by atoms with Crippen molar-refractivity contribution in [3.05, 3.63) is 35.4 Å². The average molecular weight is 354 g/mol. The Hall–Kier alpha value is -1.64. The zero-order chi connectivity index (χ0) is 17.6. The number of nitrogens with one attached hydrogen (secondary N) is 2. The molecule has 0 amide bonds. The lowest BCUT2D eigenvalue weighted by atomic mass is 10.1. The third-order valence-electron chi connectivity index (χ3n) is 3.90. The number of aliphatic hydroxyl groups is 1. The molecule has 8 heteroatoms. The lowest BCUT2D eigenvalue weighted by molar-refractivity contribution is 0.188. The largest absolute Gasteiger partial charge is 0.391 e. The molecule has 1 atom stereocenters. The fourth-order valence-electron chi connectivity index (χ4n) is 2.56. The molecule has 0 bridgehead atoms. The molecule has 1 fully saturated rings. The first kappa shape index (κ1) is 18.7. The van der Waals surface area contributed by atoms with E-state index in [1.165, 1.54) is 7.05 Å². The lowest BCUT2D eigenvalue weighted by Crippen LogP contribution is -2.40. The Balaban J connectivity index is 2.01. The van der Waals surface area contributed by atoms with Crippen LogP contribution in [-0.4, -0.2) is 57.2 Å². The van der Waals surface area contributed by atoms with Crippen LogP contribution in [0.2, 0.25) is 0 Å². The summed E-state index contributed by atoms with van der Waals surface area (Å²) in [6.45, 7) is 4.69. The van der Waals surface area contributed by atoms with Crippen molar-refractivity contribution >= 4 is 16.0 Å². The molecular formula is C16H26N4O3S. The number of guanidine groups is 1. The number of rotatable bonds is 6. The number of benzene rings is 1. The molecule has 1 heterocycles. The Morgan fingerprint density at radius 3 is 2.54 bits per heavy atom. The minimum absolute atomic E-state index is 0.0264. The molecule has 24 heavy (non-hydrogen) atoms. The Morgan fingerprint density at radius 1 is 1.33 bits per heavy atom. The SMILES string of the molecule is CCNC(=NCc1ccc(CS(=O)(=O)NC)cc1)N1CC[C@@H](O)C1. The minimum atomic E-state index is -3.25. The Labute approximate surface area is 143 Å². The van der Waals surface area contributed by atoms with Gasteiger partial charge in [0.2, 0.25) is 10.0 Å². The molecule has 1 aliphatic heterocycles. The van der Waals surface area contributed by atoms with Crippen molar-refractivity contribution in [2.75, 3.05) is 26.7 Å². The van der Waals surface area contributed by atoms with Crippen molar-refractivity contribution in [1.82, 2.24) is 14.9 Å². The number of hydrogen-bond acceptors (Lipinski definition) is 4. The van der Waals surface area contributed by atoms with E-state index in [0.29, 0.717) is 13.1 Å². The van der Waals surface area contributed by atoms with Gasteiger partial charge >= 0.3 is 0 Å². The van der Waals surface area contributed by atoms with E-state index >= 15 is 0 Å². The predicted molar refractivity (Wildman–Crippen MR) is 95.1 cm³/mol. The summed E-state index contributed by atoms with van der Waals surface area (Å²) in [5.74, 6) is 0.775. The van der Waals surface area contributed by atoms with Crippen LogP contribution >= 0.6 is 0 Å². The zero-order valence-corrected chi connectivity index (χ0v) is 15.0. The number of β-amino-alcohol motifs (C(OH)–C–C–N with tert-alkyl or cyclic N) is 1. The molecule has 3 N–H and O–H groups in total. The molecule has 1 aromatic rings. The Kier molecular flexibility index (Phi) is 6.59. The fraction of sp³-hybridized carbons (Fsp3) is 0.562. The summed E-state index contributed by atoms with van der Waals surface area (Å²) < 4.78 is 25.4. The summed E-state index contributed by atoms with van der Waals surface area (Å²) in [7, 11) is -1.84. The van der Waals surface area contributed by atoms with Gasteiger partial charge in [0.15, 0.2) is 5.96 Å². The van der Waals surface area contributed by atoms with Crippen molar-refractivity contribution in [3.8, 4) is 0 Å². The van der Waals surface area contributed by atoms with E-state index in [4.69, 9.17) is 0 Å². The van der Waals surface area contributed by atoms with Crippen LogP contribution in [0.4, 0.5) is 0 Å². The molecule has 1 aliphatic rings. The first-order chi connectivity index (χ1) is 11.4. The number of likely N-dealkylation sites (tertiary alicyclic amines) is 1. The van der Waals surface area contributed by atoms with Crippen LogP contribution in [0.25, 0.3) is 0 Å². The van der Waals surface area contributed by atoms with Gasteiger partial charge in [-0.3, -0.25) is 0 Å². The number of aliphatic hydroxyl groups excluding tert-OH is 1. The van der Waals surface area contributed by atoms with Gasteiger partial charge < -0.3 is 15.3 Å². The molecule has 0 saturated carbocycles. The molecule has 7 nitrogen and oxygen atoms in total. The average Bonchev–Trinajstić information content (AvgIpc) is 2.99. The van der Waals surface area contributed by atoms with E-state index < -0.39 is 10.0 Å². The van der Waals surface area contributed by atoms with Crippen LogP contribution in [0.15, 0.2) is 29.3 Å². The van der Waals surface area contributed by atoms with Crippen LogP contribution in [-0.2, 0) is 22.3 Å². The van der Waals surface area contributed by atoms with Crippen molar-refractivity contribution in [2.45, 2.75) is 31.7 Å². The molecular weight excluding hydrogens is 328 g/mol. The van der Waals surface area contributed by atoms with Crippen LogP contribution in [0, 0.1) is 0 Å². The first-order valence-corrected chi connectivity index (χ1v) is 9.79. The monoisotopic (exact) mass is 354 g/mol. The number of nitrogens with zero attached hydrogens (tertiary/aromatic N) is 2. The van der Waals surface area contributed by atoms with E-state index in [-0.39, 0.29) is 11.9 Å². The van der Waals surface area contributed by atoms with Crippen molar-refractivity contribution in [2.24, 2.45) is 4.99 Å². The van der Waals surface area contributed by atoms with E-state index in [0.717, 1.165) is 36.6 Å². The van der Waals surface area contributed by atoms with Crippen molar-refractivity contribution in [3.63, 3.8) is 0 Å². The topological polar surface area (TPSA) is 94.0 Å². The van der Waals surface area contributed by atoms with E-state index in [1.54, 1.807) is 0 Å². The maximum absolute atomic E-state index is 11.5. The predicted octanol–water partition coefficient (Wildman–Crippen LogP) is 0.268. The highest BCUT2D eigenvalue weighted by Gasteiger charge is 2.22. The van der Waals surface area contributed by atoms with Gasteiger partial charge in [0, 0.05) is 19.6 Å². The molecule has 0 spiro atoms. The summed E-state index contributed by atoms with van der Waals surface area (Å²) in [5, 5.41) is 12.9. The van der Waals surface area contributed by atoms with Gasteiger partial charge in [-0.15, -0.1) is 0 Å². The van der Waals surface area contributed by atoms with Crippen LogP contribution in [0.5, 0.6) is 0 Å². The van der Waals surface area contributed by atoms with Crippen molar-refractivity contribution < 1.29 is 13.5 Å². The minimum Gasteiger partial charge on any atom is -0.391 e. The van der Waals surface area contributed by atoms with E-state index in [9.17, 15) is 13.5 Å². The molecule has 0 unspecified atom stereocenters. The maximum atomic E-state index is 11.5. The second-order valence-electron chi connectivity index (χ2n) is 5.84. The molecule has 0 radical (unpaired) electrons. The second kappa shape index (κ2) is 8.46. The summed E-state index contributed by atoms with van der Waals surface area (Å²) in [6.07, 6.45) is 0.473. The third kappa shape index (κ3) is 5.47. The van der Waals surface area contributed by atoms with E-state index in [1.807, 2.05) is 31.2 Å². The smallest absolute Gasteiger partial charge is 0.215 e. The van der Waals surface area contributed by atoms with Gasteiger partial charge in [0.25, 0.3) is 0 Å². The lowest BCUT2D eigenvalue weighted by Gasteiger charge is -2.20. The normalized spacial score (nSPS) is 18.9. The van der Waals surface area contributed by atoms with Gasteiger partial charge in [-0.1, -0.05) is 24.3 Å². The first-order valence-electron chi connectivity index (χ1n) is 8.14. The van der Waals surface area contributed by atoms with Gasteiger partial charge in [0.05, 0.1) is 18.4 Å². The molecule has 0 aromatic heterocycles. The molecule has 1 aromatic carbocycles. The van der Waals surface area contributed by atoms with Gasteiger partial charge in [0.1, 0.15) is 0 Å². The highest BCUT2D eigenvalue weighted by molar-refractivity contribution is 7.88. The summed E-state index contributed by atoms with van der Waals surface area (Å²) in [6, 6.07) is 7.41. The van der Waals surface area contributed by atoms with Crippen molar-refractivity contribution in [1.29, 1.82) is 0 Å². The fourth-order valence-corrected chi connectivity index (χ4v) is 3.33. The second-order valence-corrected chi connectivity index (χ2v) is 7.76. The summed E-state index contributed by atoms with van der Waals surface area (Å²) >= 11 is 0. The Bertz CT molecular complexity index is 658. The zero-order valence-electron chi connectivity index (χ0n) is 14.2. The highest BCUT2D eigenvalue weighted by atomic mass is 32.2. The van der Waals surface area contributed by atoms with Crippen LogP contribution in [0.1, 0.15) is 24.5 Å². The van der Waals surface area contributed by atoms with Gasteiger partial charge in [-0.2, -0.15) is 0 Å². The summed E-state index contributed by atoms with van der Waals surface area (Å²) in [4.78, 5) is 6.67. The standard InChI is InChI=1S/C16H26N4O3S/c1-3-18-16(20-9-8-15(21)11-20)19-10-13-4-6-14(7-5-13)12-24(22,23)17-2/h4-7,15,17,21H,3,8-12H2,1-2H3,(H,18,19)/t15-/m1/s1. The number of sulfonamides is 1. The molecule has 134 valence electrons. The maximum Gasteiger partial charge on any atom is 0.215 e. The highest BCUT2D eigenvalue weighted by Crippen LogP contribution is 2.11. The van der Waals surface area contributed by atoms with Crippen LogP contribution in [0.3, 0.4) is 0 Å². The van der Waals surface area contributed by atoms with Gasteiger partial charge in [-0.05, 0) is 31.5 Å². The molecule has 2 rings (SSSR count). The number of hydrogen-bond donors (Lipinski definition) is 3. The van der Waals surface area contributed by atoms with E-state index in [2.05, 4.69) is 19.9 Å². The molecule has 0 aliphatic carbocycles. The quantitative estimate of drug-likeness (QED) is 0.504. The van der Waals surface area contributed by atoms with Gasteiger partial charge in [-0.25, -0.2) is 18.1 Å². The van der Waals surface area contributed by atoms with Crippen LogP contribution < -0.4 is 10.0 Å². The number of aliphatic imine (C=N–C) groups is 1.